The molecule has 0 N–H and O–H groups in total. The molecule has 0 bridgehead atoms. The van der Waals surface area contributed by atoms with Gasteiger partial charge in [-0.2, -0.15) is 9.29 Å². The number of thiophene rings is 1. The molecule has 2 fully saturated rings. The van der Waals surface area contributed by atoms with Crippen LogP contribution in [0.25, 0.3) is 11.4 Å². The van der Waals surface area contributed by atoms with Gasteiger partial charge < -0.3 is 9.42 Å². The number of anilines is 1. The zero-order valence-electron chi connectivity index (χ0n) is 18.5. The summed E-state index contributed by atoms with van der Waals surface area (Å²) in [6, 6.07) is 7.96. The quantitative estimate of drug-likeness (QED) is 0.541. The molecule has 0 radical (unpaired) electrons. The Morgan fingerprint density at radius 1 is 1.09 bits per heavy atom. The molecular weight excluding hydrogens is 444 g/mol. The Hall–Kier alpha value is -2.23. The third-order valence-electron chi connectivity index (χ3n) is 6.73. The fourth-order valence-corrected chi connectivity index (χ4v) is 7.37. The second-order valence-electron chi connectivity index (χ2n) is 8.70. The molecule has 1 saturated heterocycles. The van der Waals surface area contributed by atoms with Crippen LogP contribution in [0, 0.1) is 13.8 Å². The highest BCUT2D eigenvalue weighted by Gasteiger charge is 2.31. The Morgan fingerprint density at radius 2 is 1.84 bits per heavy atom. The molecule has 1 aromatic carbocycles. The third-order valence-corrected chi connectivity index (χ3v) is 10.0. The molecule has 0 amide bonds. The first kappa shape index (κ1) is 21.6. The molecule has 3 heterocycles. The van der Waals surface area contributed by atoms with E-state index in [9.17, 15) is 8.42 Å². The van der Waals surface area contributed by atoms with Gasteiger partial charge in [-0.3, -0.25) is 0 Å². The third kappa shape index (κ3) is 3.97. The van der Waals surface area contributed by atoms with Crippen LogP contribution in [0.3, 0.4) is 0 Å². The van der Waals surface area contributed by atoms with Gasteiger partial charge in [0.05, 0.1) is 0 Å². The lowest BCUT2D eigenvalue weighted by Gasteiger charge is -2.36. The van der Waals surface area contributed by atoms with Crippen molar-refractivity contribution in [2.45, 2.75) is 49.7 Å². The Kier molecular flexibility index (Phi) is 5.81. The SMILES string of the molecule is Cc1cccc(N2CCN(S(=O)(=O)c3cc(-c4noc(C5CCCC5)n4)cs3)CC2)c1C. The summed E-state index contributed by atoms with van der Waals surface area (Å²) < 4.78 is 33.9. The lowest BCUT2D eigenvalue weighted by Crippen LogP contribution is -2.48. The molecule has 32 heavy (non-hydrogen) atoms. The van der Waals surface area contributed by atoms with E-state index < -0.39 is 10.0 Å². The summed E-state index contributed by atoms with van der Waals surface area (Å²) in [6.07, 6.45) is 4.55. The van der Waals surface area contributed by atoms with Crippen LogP contribution in [0.4, 0.5) is 5.69 Å². The summed E-state index contributed by atoms with van der Waals surface area (Å²) in [5, 5.41) is 5.91. The van der Waals surface area contributed by atoms with E-state index in [-0.39, 0.29) is 0 Å². The fraction of sp³-hybridized carbons (Fsp3) is 0.478. The zero-order valence-corrected chi connectivity index (χ0v) is 20.1. The van der Waals surface area contributed by atoms with Gasteiger partial charge in [-0.15, -0.1) is 11.3 Å². The minimum atomic E-state index is -3.54. The summed E-state index contributed by atoms with van der Waals surface area (Å²) in [5.41, 5.74) is 4.40. The first-order chi connectivity index (χ1) is 15.4. The van der Waals surface area contributed by atoms with Gasteiger partial charge in [0, 0.05) is 48.7 Å². The average molecular weight is 473 g/mol. The van der Waals surface area contributed by atoms with E-state index in [4.69, 9.17) is 4.52 Å². The number of piperazine rings is 1. The van der Waals surface area contributed by atoms with Gasteiger partial charge in [-0.25, -0.2) is 8.42 Å². The van der Waals surface area contributed by atoms with Crippen LogP contribution in [0.15, 0.2) is 38.4 Å². The van der Waals surface area contributed by atoms with Crippen molar-refractivity contribution in [3.63, 3.8) is 0 Å². The van der Waals surface area contributed by atoms with Gasteiger partial charge in [0.2, 0.25) is 11.7 Å². The van der Waals surface area contributed by atoms with Gasteiger partial charge in [0.15, 0.2) is 0 Å². The molecule has 5 rings (SSSR count). The lowest BCUT2D eigenvalue weighted by atomic mass is 10.1. The maximum Gasteiger partial charge on any atom is 0.252 e. The number of rotatable bonds is 5. The molecular formula is C23H28N4O3S2. The van der Waals surface area contributed by atoms with E-state index in [2.05, 4.69) is 47.1 Å². The summed E-state index contributed by atoms with van der Waals surface area (Å²) in [7, 11) is -3.54. The minimum Gasteiger partial charge on any atom is -0.369 e. The Bertz CT molecular complexity index is 1200. The van der Waals surface area contributed by atoms with Crippen molar-refractivity contribution in [2.75, 3.05) is 31.1 Å². The molecule has 2 aromatic heterocycles. The standard InChI is InChI=1S/C23H28N4O3S2/c1-16-6-5-9-20(17(16)2)26-10-12-27(13-11-26)32(28,29)21-14-19(15-31-21)22-24-23(30-25-22)18-7-3-4-8-18/h5-6,9,14-15,18H,3-4,7-8,10-13H2,1-2H3. The van der Waals surface area contributed by atoms with E-state index in [0.29, 0.717) is 53.6 Å². The van der Waals surface area contributed by atoms with Gasteiger partial charge in [0.25, 0.3) is 10.0 Å². The number of sulfonamides is 1. The highest BCUT2D eigenvalue weighted by atomic mass is 32.2. The average Bonchev–Trinajstić information content (AvgIpc) is 3.56. The van der Waals surface area contributed by atoms with Crippen LogP contribution >= 0.6 is 11.3 Å². The molecule has 7 nitrogen and oxygen atoms in total. The molecule has 9 heteroatoms. The van der Waals surface area contributed by atoms with Crippen molar-refractivity contribution >= 4 is 27.0 Å². The van der Waals surface area contributed by atoms with E-state index in [0.717, 1.165) is 12.8 Å². The Morgan fingerprint density at radius 3 is 2.59 bits per heavy atom. The van der Waals surface area contributed by atoms with Crippen LogP contribution in [0.2, 0.25) is 0 Å². The van der Waals surface area contributed by atoms with Gasteiger partial charge in [0.1, 0.15) is 4.21 Å². The van der Waals surface area contributed by atoms with E-state index in [1.54, 1.807) is 10.4 Å². The minimum absolute atomic E-state index is 0.333. The molecule has 0 unspecified atom stereocenters. The molecule has 170 valence electrons. The predicted molar refractivity (Wildman–Crippen MR) is 126 cm³/mol. The van der Waals surface area contributed by atoms with E-state index in [1.807, 2.05) is 5.38 Å². The monoisotopic (exact) mass is 472 g/mol. The van der Waals surface area contributed by atoms with E-state index in [1.165, 1.54) is 41.0 Å². The highest BCUT2D eigenvalue weighted by molar-refractivity contribution is 7.91. The Labute approximate surface area is 193 Å². The summed E-state index contributed by atoms with van der Waals surface area (Å²) in [5.74, 6) is 1.49. The molecule has 1 aliphatic carbocycles. The van der Waals surface area contributed by atoms with Crippen molar-refractivity contribution in [1.82, 2.24) is 14.4 Å². The van der Waals surface area contributed by atoms with Crippen LogP contribution in [0.1, 0.15) is 48.6 Å². The molecule has 0 atom stereocenters. The second kappa shape index (κ2) is 8.61. The topological polar surface area (TPSA) is 79.5 Å². The number of aromatic nitrogens is 2. The number of hydrogen-bond donors (Lipinski definition) is 0. The van der Waals surface area contributed by atoms with Crippen molar-refractivity contribution in [1.29, 1.82) is 0 Å². The molecule has 2 aliphatic rings. The first-order valence-corrected chi connectivity index (χ1v) is 13.5. The number of aryl methyl sites for hydroxylation is 1. The van der Waals surface area contributed by atoms with Gasteiger partial charge >= 0.3 is 0 Å². The number of hydrogen-bond acceptors (Lipinski definition) is 7. The largest absolute Gasteiger partial charge is 0.369 e. The number of benzene rings is 1. The normalized spacial score (nSPS) is 18.5. The number of nitrogens with zero attached hydrogens (tertiary/aromatic N) is 4. The zero-order chi connectivity index (χ0) is 22.3. The molecule has 1 aliphatic heterocycles. The first-order valence-electron chi connectivity index (χ1n) is 11.2. The maximum atomic E-state index is 13.3. The van der Waals surface area contributed by atoms with Crippen molar-refractivity contribution < 1.29 is 12.9 Å². The van der Waals surface area contributed by atoms with Crippen LogP contribution in [-0.2, 0) is 10.0 Å². The van der Waals surface area contributed by atoms with Crippen LogP contribution < -0.4 is 4.90 Å². The van der Waals surface area contributed by atoms with Crippen molar-refractivity contribution in [2.24, 2.45) is 0 Å². The summed E-state index contributed by atoms with van der Waals surface area (Å²) >= 11 is 1.22. The summed E-state index contributed by atoms with van der Waals surface area (Å²) in [6.45, 7) is 6.52. The van der Waals surface area contributed by atoms with Crippen LogP contribution in [0.5, 0.6) is 0 Å². The second-order valence-corrected chi connectivity index (χ2v) is 11.8. The van der Waals surface area contributed by atoms with Crippen molar-refractivity contribution in [3.8, 4) is 11.4 Å². The molecule has 0 spiro atoms. The fourth-order valence-electron chi connectivity index (χ4n) is 4.63. The molecule has 3 aromatic rings. The highest BCUT2D eigenvalue weighted by Crippen LogP contribution is 2.35. The maximum absolute atomic E-state index is 13.3. The smallest absolute Gasteiger partial charge is 0.252 e. The van der Waals surface area contributed by atoms with E-state index >= 15 is 0 Å². The van der Waals surface area contributed by atoms with Crippen LogP contribution in [-0.4, -0.2) is 49.0 Å². The predicted octanol–water partition coefficient (Wildman–Crippen LogP) is 4.58. The lowest BCUT2D eigenvalue weighted by molar-refractivity contribution is 0.354. The van der Waals surface area contributed by atoms with Crippen molar-refractivity contribution in [3.05, 3.63) is 46.7 Å². The Balaban J connectivity index is 1.29. The molecule has 1 saturated carbocycles. The van der Waals surface area contributed by atoms with Gasteiger partial charge in [-0.1, -0.05) is 30.1 Å². The summed E-state index contributed by atoms with van der Waals surface area (Å²) in [4.78, 5) is 6.82. The van der Waals surface area contributed by atoms with Gasteiger partial charge in [-0.05, 0) is 49.9 Å².